The fourth-order valence-corrected chi connectivity index (χ4v) is 2.39. The first-order valence-corrected chi connectivity index (χ1v) is 9.40. The molecule has 3 atom stereocenters. The molecule has 0 aliphatic rings. The van der Waals surface area contributed by atoms with Crippen molar-refractivity contribution in [3.05, 3.63) is 0 Å². The van der Waals surface area contributed by atoms with Gasteiger partial charge in [0.15, 0.2) is 0 Å². The van der Waals surface area contributed by atoms with Crippen LogP contribution in [0.3, 0.4) is 0 Å². The lowest BCUT2D eigenvalue weighted by Crippen LogP contribution is -2.55. The van der Waals surface area contributed by atoms with Gasteiger partial charge < -0.3 is 31.5 Å². The minimum Gasteiger partial charge on any atom is -0.481 e. The normalized spacial score (nSPS) is 13.3. The zero-order valence-corrected chi connectivity index (χ0v) is 16.9. The molecule has 0 aliphatic heterocycles. The summed E-state index contributed by atoms with van der Waals surface area (Å²) in [4.78, 5) is 58.1. The van der Waals surface area contributed by atoms with Crippen LogP contribution >= 0.6 is 12.6 Å². The number of hydrazine groups is 1. The van der Waals surface area contributed by atoms with E-state index >= 15 is 0 Å². The second-order valence-electron chi connectivity index (χ2n) is 5.98. The molecule has 15 heteroatoms. The van der Waals surface area contributed by atoms with E-state index in [2.05, 4.69) is 33.9 Å². The molecule has 10 N–H and O–H groups in total. The van der Waals surface area contributed by atoms with E-state index in [9.17, 15) is 24.0 Å². The number of aliphatic carboxylic acids is 2. The van der Waals surface area contributed by atoms with Gasteiger partial charge in [-0.25, -0.2) is 10.2 Å². The van der Waals surface area contributed by atoms with Crippen molar-refractivity contribution in [2.45, 2.75) is 37.4 Å². The molecule has 3 amide bonds. The third kappa shape index (κ3) is 11.2. The quantitative estimate of drug-likeness (QED) is 0.0277. The molecular weight excluding hydrogens is 422 g/mol. The molecule has 0 fully saturated rings. The van der Waals surface area contributed by atoms with Crippen LogP contribution in [-0.2, 0) is 24.0 Å². The number of rotatable bonds is 16. The minimum atomic E-state index is -1.28. The van der Waals surface area contributed by atoms with Gasteiger partial charge in [0, 0.05) is 12.3 Å². The number of carboxylic acids is 2. The Bertz CT molecular complexity index is 634. The van der Waals surface area contributed by atoms with Crippen LogP contribution in [0, 0.1) is 5.41 Å². The number of amides is 3. The van der Waals surface area contributed by atoms with Crippen LogP contribution in [0.15, 0.2) is 0 Å². The Kier molecular flexibility index (Phi) is 13.5. The highest BCUT2D eigenvalue weighted by Crippen LogP contribution is 2.00. The highest BCUT2D eigenvalue weighted by molar-refractivity contribution is 7.80. The number of thiol groups is 1. The number of hydrogen-bond donors (Lipinski definition) is 10. The lowest BCUT2D eigenvalue weighted by molar-refractivity contribution is -0.141. The molecule has 0 saturated heterocycles. The summed E-state index contributed by atoms with van der Waals surface area (Å²) in [5.41, 5.74) is 2.05. The van der Waals surface area contributed by atoms with Gasteiger partial charge in [0.05, 0.1) is 19.3 Å². The van der Waals surface area contributed by atoms with Crippen LogP contribution in [0.4, 0.5) is 0 Å². The van der Waals surface area contributed by atoms with Gasteiger partial charge in [0.2, 0.25) is 17.7 Å². The maximum atomic E-state index is 12.4. The van der Waals surface area contributed by atoms with Crippen molar-refractivity contribution in [1.29, 1.82) is 5.41 Å². The van der Waals surface area contributed by atoms with Gasteiger partial charge in [0.25, 0.3) is 0 Å². The maximum Gasteiger partial charge on any atom is 0.327 e. The summed E-state index contributed by atoms with van der Waals surface area (Å²) >= 11 is 3.81. The molecule has 30 heavy (non-hydrogen) atoms. The topological polar surface area (TPSA) is 236 Å². The van der Waals surface area contributed by atoms with Crippen LogP contribution in [-0.4, -0.2) is 83.2 Å². The average molecular weight is 449 g/mol. The molecule has 0 aromatic carbocycles. The third-order valence-corrected chi connectivity index (χ3v) is 4.05. The molecule has 0 aromatic rings. The van der Waals surface area contributed by atoms with E-state index in [1.807, 2.05) is 5.43 Å². The van der Waals surface area contributed by atoms with Crippen molar-refractivity contribution in [2.24, 2.45) is 5.84 Å². The summed E-state index contributed by atoms with van der Waals surface area (Å²) in [6.45, 7) is -0.214. The van der Waals surface area contributed by atoms with Crippen LogP contribution in [0.1, 0.15) is 19.3 Å². The molecule has 0 heterocycles. The fourth-order valence-electron chi connectivity index (χ4n) is 2.14. The Balaban J connectivity index is 4.95. The Morgan fingerprint density at radius 2 is 1.70 bits per heavy atom. The van der Waals surface area contributed by atoms with Crippen LogP contribution in [0.5, 0.6) is 0 Å². The van der Waals surface area contributed by atoms with Gasteiger partial charge in [-0.05, 0) is 12.8 Å². The van der Waals surface area contributed by atoms with E-state index < -0.39 is 60.8 Å². The number of nitrogens with one attached hydrogen (secondary N) is 6. The second kappa shape index (κ2) is 15.0. The Hall–Kier alpha value is -2.91. The lowest BCUT2D eigenvalue weighted by atomic mass is 10.1. The van der Waals surface area contributed by atoms with Crippen molar-refractivity contribution in [3.63, 3.8) is 0 Å². The summed E-state index contributed by atoms with van der Waals surface area (Å²) in [5.74, 6) is 0.129. The lowest BCUT2D eigenvalue weighted by Gasteiger charge is -2.21. The van der Waals surface area contributed by atoms with Gasteiger partial charge in [-0.15, -0.1) is 0 Å². The van der Waals surface area contributed by atoms with E-state index in [-0.39, 0.29) is 12.2 Å². The summed E-state index contributed by atoms with van der Waals surface area (Å²) < 4.78 is 0. The number of nitrogens with two attached hydrogens (primary N) is 1. The zero-order chi connectivity index (χ0) is 23.1. The van der Waals surface area contributed by atoms with Crippen molar-refractivity contribution >= 4 is 48.6 Å². The van der Waals surface area contributed by atoms with Crippen molar-refractivity contribution in [2.75, 3.05) is 18.8 Å². The molecule has 0 unspecified atom stereocenters. The molecule has 0 rings (SSSR count). The summed E-state index contributed by atoms with van der Waals surface area (Å²) in [7, 11) is 0. The summed E-state index contributed by atoms with van der Waals surface area (Å²) in [6, 6.07) is -3.64. The number of hydrogen-bond acceptors (Lipinski definition) is 9. The molecule has 0 aromatic heterocycles. The Morgan fingerprint density at radius 1 is 1.03 bits per heavy atom. The summed E-state index contributed by atoms with van der Waals surface area (Å²) in [5, 5.41) is 34.0. The molecule has 0 bridgehead atoms. The first-order chi connectivity index (χ1) is 14.2. The predicted molar refractivity (Wildman–Crippen MR) is 108 cm³/mol. The van der Waals surface area contributed by atoms with Gasteiger partial charge in [0.1, 0.15) is 18.1 Å². The van der Waals surface area contributed by atoms with E-state index in [0.29, 0.717) is 13.0 Å². The van der Waals surface area contributed by atoms with E-state index in [1.54, 1.807) is 0 Å². The standard InChI is InChI=1S/C15H27N7O7S/c16-7-18-3-1-2-8(21-14(27)9(22-17)4-12(24)25)13(26)19-5-11(23)20-10(6-30)15(28)29/h7-10,22,30H,1-6,17H2,(H2,16,18)(H,19,26)(H,20,23)(H,21,27)(H,24,25)(H,28,29)/t8-,9-,10-/m0/s1. The van der Waals surface area contributed by atoms with Crippen LogP contribution < -0.4 is 32.5 Å². The molecule has 0 radical (unpaired) electrons. The maximum absolute atomic E-state index is 12.4. The Morgan fingerprint density at radius 3 is 2.20 bits per heavy atom. The molecular formula is C15H27N7O7S. The van der Waals surface area contributed by atoms with Gasteiger partial charge in [-0.1, -0.05) is 0 Å². The number of carboxylic acid groups (broad SMARTS) is 2. The SMILES string of the molecule is N=CNCCC[C@H](NC(=O)[C@H](CC(=O)O)NN)C(=O)NCC(=O)N[C@@H](CS)C(=O)O. The Labute approximate surface area is 177 Å². The van der Waals surface area contributed by atoms with Crippen LogP contribution in [0.2, 0.25) is 0 Å². The molecule has 170 valence electrons. The smallest absolute Gasteiger partial charge is 0.327 e. The first-order valence-electron chi connectivity index (χ1n) is 8.77. The van der Waals surface area contributed by atoms with Crippen molar-refractivity contribution in [1.82, 2.24) is 26.7 Å². The van der Waals surface area contributed by atoms with E-state index in [0.717, 1.165) is 6.34 Å². The minimum absolute atomic E-state index is 0.110. The fraction of sp³-hybridized carbons (Fsp3) is 0.600. The van der Waals surface area contributed by atoms with Crippen molar-refractivity contribution < 1.29 is 34.2 Å². The molecule has 0 spiro atoms. The van der Waals surface area contributed by atoms with E-state index in [4.69, 9.17) is 21.5 Å². The largest absolute Gasteiger partial charge is 0.481 e. The van der Waals surface area contributed by atoms with E-state index in [1.165, 1.54) is 0 Å². The number of carbonyl (C=O) groups excluding carboxylic acids is 3. The molecule has 14 nitrogen and oxygen atoms in total. The van der Waals surface area contributed by atoms with Gasteiger partial charge >= 0.3 is 11.9 Å². The molecule has 0 saturated carbocycles. The molecule has 0 aliphatic carbocycles. The monoisotopic (exact) mass is 449 g/mol. The van der Waals surface area contributed by atoms with Crippen LogP contribution in [0.25, 0.3) is 0 Å². The highest BCUT2D eigenvalue weighted by atomic mass is 32.1. The average Bonchev–Trinajstić information content (AvgIpc) is 2.69. The van der Waals surface area contributed by atoms with Crippen molar-refractivity contribution in [3.8, 4) is 0 Å². The van der Waals surface area contributed by atoms with Gasteiger partial charge in [-0.2, -0.15) is 12.6 Å². The highest BCUT2D eigenvalue weighted by Gasteiger charge is 2.27. The third-order valence-electron chi connectivity index (χ3n) is 3.68. The predicted octanol–water partition coefficient (Wildman–Crippen LogP) is -3.63. The second-order valence-corrected chi connectivity index (χ2v) is 6.34. The van der Waals surface area contributed by atoms with Gasteiger partial charge in [-0.3, -0.25) is 30.4 Å². The summed E-state index contributed by atoms with van der Waals surface area (Å²) in [6.07, 6.45) is 0.813. The zero-order valence-electron chi connectivity index (χ0n) is 16.0. The number of carbonyl (C=O) groups is 5. The first kappa shape index (κ1) is 27.1.